The fourth-order valence-electron chi connectivity index (χ4n) is 2.68. The van der Waals surface area contributed by atoms with Crippen molar-refractivity contribution in [3.8, 4) is 5.75 Å². The van der Waals surface area contributed by atoms with Crippen LogP contribution in [0.15, 0.2) is 35.6 Å². The van der Waals surface area contributed by atoms with Crippen molar-refractivity contribution in [3.05, 3.63) is 52.7 Å². The molecular weight excluding hydrogens is 367 g/mol. The van der Waals surface area contributed by atoms with Crippen molar-refractivity contribution in [1.82, 2.24) is 4.98 Å². The molecule has 0 saturated carbocycles. The summed E-state index contributed by atoms with van der Waals surface area (Å²) in [6.45, 7) is 12.1. The van der Waals surface area contributed by atoms with Crippen molar-refractivity contribution in [2.45, 2.75) is 58.5 Å². The number of aromatic nitrogens is 1. The Morgan fingerprint density at radius 3 is 1.89 bits per heavy atom. The number of rotatable bonds is 3. The second-order valence-electron chi connectivity index (χ2n) is 8.76. The molecule has 0 saturated heterocycles. The summed E-state index contributed by atoms with van der Waals surface area (Å²) in [7, 11) is 0. The summed E-state index contributed by atoms with van der Waals surface area (Å²) >= 11 is 0. The normalized spacial score (nSPS) is 13.2. The summed E-state index contributed by atoms with van der Waals surface area (Å²) in [6.07, 6.45) is -2.11. The summed E-state index contributed by atoms with van der Waals surface area (Å²) in [5, 5.41) is 14.8. The number of hydrazone groups is 1. The molecule has 0 fully saturated rings. The summed E-state index contributed by atoms with van der Waals surface area (Å²) < 4.78 is 37.7. The van der Waals surface area contributed by atoms with Crippen LogP contribution in [-0.4, -0.2) is 16.3 Å². The number of hydrogen-bond acceptors (Lipinski definition) is 4. The van der Waals surface area contributed by atoms with Gasteiger partial charge in [-0.05, 0) is 40.7 Å². The number of benzene rings is 1. The lowest BCUT2D eigenvalue weighted by Crippen LogP contribution is -2.18. The first-order valence-corrected chi connectivity index (χ1v) is 8.90. The number of phenols is 1. The van der Waals surface area contributed by atoms with E-state index in [1.165, 1.54) is 6.07 Å². The van der Waals surface area contributed by atoms with Gasteiger partial charge in [-0.25, -0.2) is 4.98 Å². The van der Waals surface area contributed by atoms with Crippen LogP contribution >= 0.6 is 0 Å². The zero-order chi connectivity index (χ0) is 21.3. The molecule has 0 unspecified atom stereocenters. The summed E-state index contributed by atoms with van der Waals surface area (Å²) in [4.78, 5) is 3.72. The van der Waals surface area contributed by atoms with Crippen LogP contribution in [0.2, 0.25) is 0 Å². The van der Waals surface area contributed by atoms with Gasteiger partial charge in [0.05, 0.1) is 11.8 Å². The molecule has 0 aliphatic carbocycles. The Bertz CT molecular complexity index is 823. The quantitative estimate of drug-likeness (QED) is 0.508. The Labute approximate surface area is 163 Å². The van der Waals surface area contributed by atoms with E-state index in [4.69, 9.17) is 0 Å². The summed E-state index contributed by atoms with van der Waals surface area (Å²) in [5.41, 5.74) is 3.65. The van der Waals surface area contributed by atoms with Gasteiger partial charge in [-0.2, -0.15) is 18.3 Å². The van der Waals surface area contributed by atoms with E-state index in [2.05, 4.69) is 15.5 Å². The number of alkyl halides is 3. The fraction of sp³-hybridized carbons (Fsp3) is 0.429. The molecule has 4 nitrogen and oxygen atoms in total. The Balaban J connectivity index is 2.30. The van der Waals surface area contributed by atoms with E-state index >= 15 is 0 Å². The van der Waals surface area contributed by atoms with Crippen LogP contribution in [0.3, 0.4) is 0 Å². The molecule has 0 spiro atoms. The fourth-order valence-corrected chi connectivity index (χ4v) is 2.68. The highest BCUT2D eigenvalue weighted by Gasteiger charge is 2.30. The summed E-state index contributed by atoms with van der Waals surface area (Å²) in [6, 6.07) is 5.88. The average Bonchev–Trinajstić information content (AvgIpc) is 2.53. The monoisotopic (exact) mass is 393 g/mol. The number of hydrogen-bond donors (Lipinski definition) is 2. The average molecular weight is 393 g/mol. The van der Waals surface area contributed by atoms with E-state index in [9.17, 15) is 18.3 Å². The Kier molecular flexibility index (Phi) is 5.78. The van der Waals surface area contributed by atoms with E-state index in [0.717, 1.165) is 29.0 Å². The van der Waals surface area contributed by atoms with E-state index in [1.54, 1.807) is 6.21 Å². The molecular formula is C21H26F3N3O. The second-order valence-corrected chi connectivity index (χ2v) is 8.76. The molecule has 0 radical (unpaired) electrons. The molecule has 0 aliphatic rings. The van der Waals surface area contributed by atoms with E-state index in [-0.39, 0.29) is 22.4 Å². The van der Waals surface area contributed by atoms with Crippen LogP contribution < -0.4 is 5.43 Å². The maximum absolute atomic E-state index is 12.6. The molecule has 28 heavy (non-hydrogen) atoms. The zero-order valence-corrected chi connectivity index (χ0v) is 16.9. The maximum atomic E-state index is 12.6. The molecule has 0 amide bonds. The Hall–Kier alpha value is -2.57. The van der Waals surface area contributed by atoms with E-state index in [0.29, 0.717) is 0 Å². The van der Waals surface area contributed by atoms with Gasteiger partial charge < -0.3 is 5.11 Å². The molecule has 2 rings (SSSR count). The van der Waals surface area contributed by atoms with Crippen molar-refractivity contribution >= 4 is 12.0 Å². The van der Waals surface area contributed by atoms with Crippen molar-refractivity contribution in [2.24, 2.45) is 5.10 Å². The number of aromatic hydroxyl groups is 1. The van der Waals surface area contributed by atoms with Crippen molar-refractivity contribution in [3.63, 3.8) is 0 Å². The Morgan fingerprint density at radius 1 is 0.964 bits per heavy atom. The van der Waals surface area contributed by atoms with Crippen LogP contribution in [-0.2, 0) is 17.0 Å². The zero-order valence-electron chi connectivity index (χ0n) is 16.9. The lowest BCUT2D eigenvalue weighted by Gasteiger charge is -2.27. The molecule has 0 aliphatic heterocycles. The van der Waals surface area contributed by atoms with Gasteiger partial charge in [0.2, 0.25) is 0 Å². The van der Waals surface area contributed by atoms with E-state index < -0.39 is 11.7 Å². The SMILES string of the molecule is CC(C)(C)c1cc(/C=N\Nc2ccc(C(F)(F)F)cn2)cc(C(C)(C)C)c1O. The highest BCUT2D eigenvalue weighted by molar-refractivity contribution is 5.82. The number of nitrogens with one attached hydrogen (secondary N) is 1. The number of anilines is 1. The molecule has 0 bridgehead atoms. The molecule has 1 aromatic heterocycles. The molecule has 1 aromatic carbocycles. The highest BCUT2D eigenvalue weighted by Crippen LogP contribution is 2.39. The standard InChI is InChI=1S/C21H26F3N3O/c1-19(2,3)15-9-13(10-16(18(15)28)20(4,5)6)11-26-27-17-8-7-14(12-25-17)21(22,23)24/h7-12,28H,1-6H3,(H,25,27)/b26-11-. The van der Waals surface area contributed by atoms with Crippen LogP contribution in [0.4, 0.5) is 19.0 Å². The number of phenolic OH excluding ortho intramolecular Hbond substituents is 1. The first kappa shape index (κ1) is 21.7. The second kappa shape index (κ2) is 7.45. The van der Waals surface area contributed by atoms with Crippen LogP contribution in [0, 0.1) is 0 Å². The molecule has 152 valence electrons. The molecule has 7 heteroatoms. The van der Waals surface area contributed by atoms with Crippen molar-refractivity contribution < 1.29 is 18.3 Å². The van der Waals surface area contributed by atoms with Crippen LogP contribution in [0.5, 0.6) is 5.75 Å². The van der Waals surface area contributed by atoms with Gasteiger partial charge in [-0.1, -0.05) is 41.5 Å². The van der Waals surface area contributed by atoms with Gasteiger partial charge in [0.1, 0.15) is 11.6 Å². The first-order chi connectivity index (χ1) is 12.7. The highest BCUT2D eigenvalue weighted by atomic mass is 19.4. The molecule has 2 N–H and O–H groups in total. The summed E-state index contributed by atoms with van der Waals surface area (Å²) in [5.74, 6) is 0.477. The number of halogens is 3. The number of pyridine rings is 1. The van der Waals surface area contributed by atoms with Gasteiger partial charge in [0.25, 0.3) is 0 Å². The molecule has 2 aromatic rings. The first-order valence-electron chi connectivity index (χ1n) is 8.90. The topological polar surface area (TPSA) is 57.5 Å². The van der Waals surface area contributed by atoms with Gasteiger partial charge in [0, 0.05) is 17.3 Å². The smallest absolute Gasteiger partial charge is 0.417 e. The third kappa shape index (κ3) is 5.24. The number of nitrogens with zero attached hydrogens (tertiary/aromatic N) is 2. The lowest BCUT2D eigenvalue weighted by molar-refractivity contribution is -0.137. The Morgan fingerprint density at radius 2 is 1.50 bits per heavy atom. The third-order valence-corrected chi connectivity index (χ3v) is 4.23. The molecule has 1 heterocycles. The van der Waals surface area contributed by atoms with Gasteiger partial charge in [-0.3, -0.25) is 5.43 Å². The maximum Gasteiger partial charge on any atom is 0.417 e. The lowest BCUT2D eigenvalue weighted by atomic mass is 9.78. The minimum Gasteiger partial charge on any atom is -0.507 e. The predicted octanol–water partition coefficient (Wildman–Crippen LogP) is 5.85. The minimum atomic E-state index is -4.42. The van der Waals surface area contributed by atoms with Crippen molar-refractivity contribution in [2.75, 3.05) is 5.43 Å². The van der Waals surface area contributed by atoms with Gasteiger partial charge in [-0.15, -0.1) is 0 Å². The minimum absolute atomic E-state index is 0.204. The van der Waals surface area contributed by atoms with Crippen LogP contribution in [0.25, 0.3) is 0 Å². The molecule has 0 atom stereocenters. The largest absolute Gasteiger partial charge is 0.507 e. The van der Waals surface area contributed by atoms with Gasteiger partial charge in [0.15, 0.2) is 0 Å². The predicted molar refractivity (Wildman–Crippen MR) is 106 cm³/mol. The van der Waals surface area contributed by atoms with Gasteiger partial charge >= 0.3 is 6.18 Å². The van der Waals surface area contributed by atoms with Crippen molar-refractivity contribution in [1.29, 1.82) is 0 Å². The van der Waals surface area contributed by atoms with Crippen LogP contribution in [0.1, 0.15) is 63.8 Å². The third-order valence-electron chi connectivity index (χ3n) is 4.23. The van der Waals surface area contributed by atoms with E-state index in [1.807, 2.05) is 53.7 Å².